The molecule has 2 aromatic rings. The van der Waals surface area contributed by atoms with E-state index in [-0.39, 0.29) is 5.78 Å². The maximum atomic E-state index is 12.7. The fourth-order valence-corrected chi connectivity index (χ4v) is 2.17. The Morgan fingerprint density at radius 2 is 1.76 bits per heavy atom. The Morgan fingerprint density at radius 1 is 1.00 bits per heavy atom. The maximum absolute atomic E-state index is 12.7. The minimum atomic E-state index is -0.576. The van der Waals surface area contributed by atoms with Gasteiger partial charge in [0.15, 0.2) is 5.78 Å². The van der Waals surface area contributed by atoms with Crippen molar-refractivity contribution < 1.29 is 14.3 Å². The van der Waals surface area contributed by atoms with Crippen LogP contribution in [0.15, 0.2) is 54.6 Å². The Kier molecular flexibility index (Phi) is 5.52. The van der Waals surface area contributed by atoms with Gasteiger partial charge in [0.1, 0.15) is 11.9 Å². The molecule has 2 rings (SSSR count). The molecule has 0 aliphatic carbocycles. The molecule has 1 atom stereocenters. The predicted molar refractivity (Wildman–Crippen MR) is 82.8 cm³/mol. The van der Waals surface area contributed by atoms with Crippen LogP contribution in [0, 0.1) is 0 Å². The lowest BCUT2D eigenvalue weighted by Gasteiger charge is -2.16. The van der Waals surface area contributed by atoms with Gasteiger partial charge in [0.2, 0.25) is 0 Å². The van der Waals surface area contributed by atoms with Crippen molar-refractivity contribution in [1.82, 2.24) is 0 Å². The number of ether oxygens (including phenoxy) is 2. The fourth-order valence-electron chi connectivity index (χ4n) is 2.17. The Labute approximate surface area is 125 Å². The first-order chi connectivity index (χ1) is 10.3. The van der Waals surface area contributed by atoms with Crippen molar-refractivity contribution >= 4 is 5.78 Å². The van der Waals surface area contributed by atoms with Crippen LogP contribution in [0.25, 0.3) is 0 Å². The Bertz CT molecular complexity index is 578. The lowest BCUT2D eigenvalue weighted by atomic mass is 9.99. The van der Waals surface area contributed by atoms with E-state index in [1.165, 1.54) is 0 Å². The van der Waals surface area contributed by atoms with Crippen LogP contribution >= 0.6 is 0 Å². The van der Waals surface area contributed by atoms with E-state index < -0.39 is 6.10 Å². The number of hydrogen-bond donors (Lipinski definition) is 0. The lowest BCUT2D eigenvalue weighted by molar-refractivity contribution is 0.0452. The average molecular weight is 284 g/mol. The minimum Gasteiger partial charge on any atom is -0.494 e. The minimum absolute atomic E-state index is 0.0513. The van der Waals surface area contributed by atoms with Crippen molar-refractivity contribution in [3.63, 3.8) is 0 Å². The molecule has 3 heteroatoms. The van der Waals surface area contributed by atoms with Crippen LogP contribution in [0.4, 0.5) is 0 Å². The van der Waals surface area contributed by atoms with Crippen molar-refractivity contribution in [2.75, 3.05) is 13.2 Å². The van der Waals surface area contributed by atoms with Gasteiger partial charge in [-0.05, 0) is 31.5 Å². The van der Waals surface area contributed by atoms with E-state index in [0.29, 0.717) is 24.5 Å². The molecule has 1 unspecified atom stereocenters. The van der Waals surface area contributed by atoms with Gasteiger partial charge in [-0.3, -0.25) is 4.79 Å². The lowest BCUT2D eigenvalue weighted by Crippen LogP contribution is -2.16. The van der Waals surface area contributed by atoms with Crippen LogP contribution in [0.1, 0.15) is 35.9 Å². The largest absolute Gasteiger partial charge is 0.494 e. The van der Waals surface area contributed by atoms with Gasteiger partial charge in [-0.2, -0.15) is 0 Å². The van der Waals surface area contributed by atoms with Crippen molar-refractivity contribution in [3.8, 4) is 5.75 Å². The molecule has 0 bridgehead atoms. The number of hydrogen-bond acceptors (Lipinski definition) is 3. The summed E-state index contributed by atoms with van der Waals surface area (Å²) >= 11 is 0. The zero-order valence-corrected chi connectivity index (χ0v) is 12.4. The smallest absolute Gasteiger partial charge is 0.196 e. The van der Waals surface area contributed by atoms with Gasteiger partial charge >= 0.3 is 0 Å². The normalized spacial score (nSPS) is 11.9. The third kappa shape index (κ3) is 3.92. The standard InChI is InChI=1S/C18H20O3/c1-3-20-16-12-8-11-15(13-16)17(19)18(21-4-2)14-9-6-5-7-10-14/h5-13,18H,3-4H2,1-2H3. The number of ketones is 1. The van der Waals surface area contributed by atoms with Crippen LogP contribution in [0.2, 0.25) is 0 Å². The second-order valence-corrected chi connectivity index (χ2v) is 4.57. The van der Waals surface area contributed by atoms with E-state index in [1.807, 2.05) is 56.3 Å². The molecule has 0 aliphatic heterocycles. The SMILES string of the molecule is CCOc1cccc(C(=O)C(OCC)c2ccccc2)c1. The highest BCUT2D eigenvalue weighted by atomic mass is 16.5. The first-order valence-corrected chi connectivity index (χ1v) is 7.19. The van der Waals surface area contributed by atoms with Gasteiger partial charge in [0.25, 0.3) is 0 Å². The van der Waals surface area contributed by atoms with Crippen molar-refractivity contribution in [2.45, 2.75) is 20.0 Å². The van der Waals surface area contributed by atoms with Crippen molar-refractivity contribution in [3.05, 3.63) is 65.7 Å². The van der Waals surface area contributed by atoms with Crippen LogP contribution in [0.3, 0.4) is 0 Å². The van der Waals surface area contributed by atoms with Crippen LogP contribution in [-0.4, -0.2) is 19.0 Å². The van der Waals surface area contributed by atoms with E-state index in [1.54, 1.807) is 12.1 Å². The summed E-state index contributed by atoms with van der Waals surface area (Å²) in [4.78, 5) is 12.7. The number of benzene rings is 2. The number of carbonyl (C=O) groups excluding carboxylic acids is 1. The molecule has 0 aliphatic rings. The Morgan fingerprint density at radius 3 is 2.43 bits per heavy atom. The van der Waals surface area contributed by atoms with E-state index >= 15 is 0 Å². The van der Waals surface area contributed by atoms with Crippen molar-refractivity contribution in [1.29, 1.82) is 0 Å². The highest BCUT2D eigenvalue weighted by Gasteiger charge is 2.22. The zero-order chi connectivity index (χ0) is 15.1. The van der Waals surface area contributed by atoms with Gasteiger partial charge in [0, 0.05) is 12.2 Å². The molecule has 0 saturated heterocycles. The second-order valence-electron chi connectivity index (χ2n) is 4.57. The van der Waals surface area contributed by atoms with Crippen LogP contribution < -0.4 is 4.74 Å². The molecule has 110 valence electrons. The summed E-state index contributed by atoms with van der Waals surface area (Å²) in [6.45, 7) is 4.86. The maximum Gasteiger partial charge on any atom is 0.196 e. The van der Waals surface area contributed by atoms with E-state index in [2.05, 4.69) is 0 Å². The molecular formula is C18H20O3. The second kappa shape index (κ2) is 7.60. The summed E-state index contributed by atoms with van der Waals surface area (Å²) in [6, 6.07) is 16.8. The molecule has 3 nitrogen and oxygen atoms in total. The van der Waals surface area contributed by atoms with Gasteiger partial charge < -0.3 is 9.47 Å². The summed E-state index contributed by atoms with van der Waals surface area (Å²) in [5.41, 5.74) is 1.47. The molecule has 0 radical (unpaired) electrons. The molecule has 0 amide bonds. The quantitative estimate of drug-likeness (QED) is 0.720. The third-order valence-electron chi connectivity index (χ3n) is 3.10. The zero-order valence-electron chi connectivity index (χ0n) is 12.4. The molecule has 0 heterocycles. The number of Topliss-reactive ketones (excluding diaryl/α,β-unsaturated/α-hetero) is 1. The Hall–Kier alpha value is -2.13. The molecule has 21 heavy (non-hydrogen) atoms. The summed E-state index contributed by atoms with van der Waals surface area (Å²) in [6.07, 6.45) is -0.576. The fraction of sp³-hybridized carbons (Fsp3) is 0.278. The molecule has 0 saturated carbocycles. The van der Waals surface area contributed by atoms with Gasteiger partial charge in [-0.15, -0.1) is 0 Å². The monoisotopic (exact) mass is 284 g/mol. The Balaban J connectivity index is 2.28. The van der Waals surface area contributed by atoms with Gasteiger partial charge in [0.05, 0.1) is 6.61 Å². The molecule has 0 N–H and O–H groups in total. The first kappa shape index (κ1) is 15.3. The molecule has 0 aromatic heterocycles. The van der Waals surface area contributed by atoms with Crippen LogP contribution in [0.5, 0.6) is 5.75 Å². The number of carbonyl (C=O) groups is 1. The summed E-state index contributed by atoms with van der Waals surface area (Å²) < 4.78 is 11.1. The van der Waals surface area contributed by atoms with Crippen molar-refractivity contribution in [2.24, 2.45) is 0 Å². The van der Waals surface area contributed by atoms with E-state index in [0.717, 1.165) is 5.56 Å². The highest BCUT2D eigenvalue weighted by molar-refractivity contribution is 6.00. The van der Waals surface area contributed by atoms with Gasteiger partial charge in [-0.1, -0.05) is 42.5 Å². The van der Waals surface area contributed by atoms with E-state index in [4.69, 9.17) is 9.47 Å². The molecular weight excluding hydrogens is 264 g/mol. The van der Waals surface area contributed by atoms with Gasteiger partial charge in [-0.25, -0.2) is 0 Å². The van der Waals surface area contributed by atoms with E-state index in [9.17, 15) is 4.79 Å². The summed E-state index contributed by atoms with van der Waals surface area (Å²) in [7, 11) is 0. The molecule has 0 fully saturated rings. The predicted octanol–water partition coefficient (Wildman–Crippen LogP) is 4.05. The number of rotatable bonds is 7. The highest BCUT2D eigenvalue weighted by Crippen LogP contribution is 2.24. The average Bonchev–Trinajstić information content (AvgIpc) is 2.53. The topological polar surface area (TPSA) is 35.5 Å². The summed E-state index contributed by atoms with van der Waals surface area (Å²) in [5, 5.41) is 0. The molecule has 0 spiro atoms. The van der Waals surface area contributed by atoms with Crippen LogP contribution in [-0.2, 0) is 4.74 Å². The molecule has 2 aromatic carbocycles. The summed E-state index contributed by atoms with van der Waals surface area (Å²) in [5.74, 6) is 0.649. The first-order valence-electron chi connectivity index (χ1n) is 7.19. The third-order valence-corrected chi connectivity index (χ3v) is 3.10.